The molecule has 1 fully saturated rings. The first-order chi connectivity index (χ1) is 12.4. The fraction of sp³-hybridized carbons (Fsp3) is 0.316. The smallest absolute Gasteiger partial charge is 0.243 e. The van der Waals surface area contributed by atoms with Gasteiger partial charge in [0.25, 0.3) is 0 Å². The van der Waals surface area contributed by atoms with Crippen LogP contribution in [0.15, 0.2) is 53.4 Å². The van der Waals surface area contributed by atoms with E-state index in [4.69, 9.17) is 0 Å². The summed E-state index contributed by atoms with van der Waals surface area (Å²) in [6.07, 6.45) is 0.310. The first-order valence-corrected chi connectivity index (χ1v) is 9.90. The van der Waals surface area contributed by atoms with Crippen molar-refractivity contribution in [3.63, 3.8) is 0 Å². The molecular weight excluding hydrogens is 355 g/mol. The van der Waals surface area contributed by atoms with E-state index in [1.54, 1.807) is 11.8 Å². The fourth-order valence-electron chi connectivity index (χ4n) is 3.10. The third-order valence-electron chi connectivity index (χ3n) is 4.54. The van der Waals surface area contributed by atoms with Crippen LogP contribution in [0.2, 0.25) is 0 Å². The van der Waals surface area contributed by atoms with E-state index in [1.165, 1.54) is 16.4 Å². The van der Waals surface area contributed by atoms with Crippen LogP contribution in [0.25, 0.3) is 0 Å². The van der Waals surface area contributed by atoms with Gasteiger partial charge in [-0.1, -0.05) is 30.3 Å². The van der Waals surface area contributed by atoms with E-state index in [2.05, 4.69) is 0 Å². The molecule has 7 heteroatoms. The van der Waals surface area contributed by atoms with Gasteiger partial charge in [-0.25, -0.2) is 12.8 Å². The lowest BCUT2D eigenvalue weighted by Gasteiger charge is -2.34. The van der Waals surface area contributed by atoms with Crippen molar-refractivity contribution in [2.75, 3.05) is 26.2 Å². The Labute approximate surface area is 153 Å². The standard InChI is InChI=1S/C19H21FN2O3S/c1-15-13-17(20)7-8-18(15)26(24,25)22-11-9-21(10-12-22)19(23)14-16-5-3-2-4-6-16/h2-8,13H,9-12,14H2,1H3. The number of hydrogen-bond acceptors (Lipinski definition) is 3. The normalized spacial score (nSPS) is 15.8. The molecule has 138 valence electrons. The van der Waals surface area contributed by atoms with Crippen LogP contribution in [0.5, 0.6) is 0 Å². The topological polar surface area (TPSA) is 57.7 Å². The highest BCUT2D eigenvalue weighted by molar-refractivity contribution is 7.89. The average molecular weight is 376 g/mol. The Bertz CT molecular complexity index is 892. The van der Waals surface area contributed by atoms with Crippen LogP contribution in [-0.2, 0) is 21.2 Å². The number of carbonyl (C=O) groups is 1. The lowest BCUT2D eigenvalue weighted by molar-refractivity contribution is -0.131. The van der Waals surface area contributed by atoms with Gasteiger partial charge in [-0.3, -0.25) is 4.79 Å². The predicted molar refractivity (Wildman–Crippen MR) is 96.6 cm³/mol. The molecule has 2 aromatic carbocycles. The van der Waals surface area contributed by atoms with Crippen LogP contribution < -0.4 is 0 Å². The van der Waals surface area contributed by atoms with E-state index in [0.29, 0.717) is 25.1 Å². The Morgan fingerprint density at radius 3 is 2.31 bits per heavy atom. The maximum Gasteiger partial charge on any atom is 0.243 e. The molecular formula is C19H21FN2O3S. The third kappa shape index (κ3) is 3.94. The van der Waals surface area contributed by atoms with Crippen molar-refractivity contribution >= 4 is 15.9 Å². The van der Waals surface area contributed by atoms with Gasteiger partial charge >= 0.3 is 0 Å². The Hall–Kier alpha value is -2.25. The summed E-state index contributed by atoms with van der Waals surface area (Å²) in [7, 11) is -3.69. The van der Waals surface area contributed by atoms with Crippen LogP contribution in [-0.4, -0.2) is 49.7 Å². The molecule has 0 aliphatic carbocycles. The maximum atomic E-state index is 13.2. The highest BCUT2D eigenvalue weighted by atomic mass is 32.2. The summed E-state index contributed by atoms with van der Waals surface area (Å²) in [5, 5.41) is 0. The number of benzene rings is 2. The van der Waals surface area contributed by atoms with Gasteiger partial charge in [0.15, 0.2) is 0 Å². The average Bonchev–Trinajstić information content (AvgIpc) is 2.62. The summed E-state index contributed by atoms with van der Waals surface area (Å²) in [6, 6.07) is 13.1. The Morgan fingerprint density at radius 1 is 1.04 bits per heavy atom. The largest absolute Gasteiger partial charge is 0.340 e. The number of rotatable bonds is 4. The first-order valence-electron chi connectivity index (χ1n) is 8.46. The second-order valence-electron chi connectivity index (χ2n) is 6.36. The minimum atomic E-state index is -3.69. The molecule has 0 spiro atoms. The molecule has 26 heavy (non-hydrogen) atoms. The van der Waals surface area contributed by atoms with Crippen LogP contribution in [0.4, 0.5) is 4.39 Å². The molecule has 1 amide bonds. The van der Waals surface area contributed by atoms with Gasteiger partial charge in [-0.15, -0.1) is 0 Å². The van der Waals surface area contributed by atoms with E-state index >= 15 is 0 Å². The van der Waals surface area contributed by atoms with E-state index in [0.717, 1.165) is 11.6 Å². The number of nitrogens with zero attached hydrogens (tertiary/aromatic N) is 2. The lowest BCUT2D eigenvalue weighted by atomic mass is 10.1. The molecule has 2 aromatic rings. The monoisotopic (exact) mass is 376 g/mol. The maximum absolute atomic E-state index is 13.2. The van der Waals surface area contributed by atoms with Gasteiger partial charge in [0.1, 0.15) is 5.82 Å². The minimum Gasteiger partial charge on any atom is -0.340 e. The summed E-state index contributed by atoms with van der Waals surface area (Å²) in [5.41, 5.74) is 1.32. The Morgan fingerprint density at radius 2 is 1.69 bits per heavy atom. The lowest BCUT2D eigenvalue weighted by Crippen LogP contribution is -2.50. The molecule has 0 N–H and O–H groups in total. The van der Waals surface area contributed by atoms with Gasteiger partial charge in [0.05, 0.1) is 11.3 Å². The van der Waals surface area contributed by atoms with E-state index in [9.17, 15) is 17.6 Å². The van der Waals surface area contributed by atoms with E-state index in [-0.39, 0.29) is 23.9 Å². The van der Waals surface area contributed by atoms with Crippen LogP contribution in [0.3, 0.4) is 0 Å². The molecule has 0 atom stereocenters. The quantitative estimate of drug-likeness (QED) is 0.822. The molecule has 0 bridgehead atoms. The Kier molecular flexibility index (Phi) is 5.38. The SMILES string of the molecule is Cc1cc(F)ccc1S(=O)(=O)N1CCN(C(=O)Cc2ccccc2)CC1. The molecule has 3 rings (SSSR count). The zero-order valence-corrected chi connectivity index (χ0v) is 15.4. The molecule has 1 heterocycles. The molecule has 1 aliphatic heterocycles. The van der Waals surface area contributed by atoms with Gasteiger partial charge in [0, 0.05) is 26.2 Å². The highest BCUT2D eigenvalue weighted by Gasteiger charge is 2.31. The van der Waals surface area contributed by atoms with Crippen molar-refractivity contribution in [3.8, 4) is 0 Å². The summed E-state index contributed by atoms with van der Waals surface area (Å²) >= 11 is 0. The molecule has 1 aliphatic rings. The van der Waals surface area contributed by atoms with Crippen molar-refractivity contribution in [3.05, 3.63) is 65.5 Å². The van der Waals surface area contributed by atoms with Crippen molar-refractivity contribution in [2.24, 2.45) is 0 Å². The molecule has 5 nitrogen and oxygen atoms in total. The van der Waals surface area contributed by atoms with Crippen molar-refractivity contribution in [2.45, 2.75) is 18.2 Å². The minimum absolute atomic E-state index is 0.00814. The van der Waals surface area contributed by atoms with Gasteiger partial charge in [0.2, 0.25) is 15.9 Å². The van der Waals surface area contributed by atoms with Crippen LogP contribution in [0.1, 0.15) is 11.1 Å². The van der Waals surface area contributed by atoms with Crippen molar-refractivity contribution in [1.29, 1.82) is 0 Å². The zero-order chi connectivity index (χ0) is 18.7. The van der Waals surface area contributed by atoms with Crippen molar-refractivity contribution in [1.82, 2.24) is 9.21 Å². The summed E-state index contributed by atoms with van der Waals surface area (Å²) in [6.45, 7) is 2.76. The highest BCUT2D eigenvalue weighted by Crippen LogP contribution is 2.22. The summed E-state index contributed by atoms with van der Waals surface area (Å²) in [5.74, 6) is -0.469. The first kappa shape index (κ1) is 18.5. The Balaban J connectivity index is 1.65. The number of hydrogen-bond donors (Lipinski definition) is 0. The van der Waals surface area contributed by atoms with Crippen molar-refractivity contribution < 1.29 is 17.6 Å². The second kappa shape index (κ2) is 7.55. The molecule has 0 unspecified atom stereocenters. The zero-order valence-electron chi connectivity index (χ0n) is 14.6. The number of sulfonamides is 1. The number of halogens is 1. The van der Waals surface area contributed by atoms with E-state index < -0.39 is 15.8 Å². The molecule has 0 radical (unpaired) electrons. The molecule has 0 saturated carbocycles. The predicted octanol–water partition coefficient (Wildman–Crippen LogP) is 2.21. The number of aryl methyl sites for hydroxylation is 1. The molecule has 1 saturated heterocycles. The molecule has 0 aromatic heterocycles. The summed E-state index contributed by atoms with van der Waals surface area (Å²) in [4.78, 5) is 14.2. The second-order valence-corrected chi connectivity index (χ2v) is 8.26. The number of amides is 1. The summed E-state index contributed by atoms with van der Waals surface area (Å²) < 4.78 is 40.2. The number of carbonyl (C=O) groups excluding carboxylic acids is 1. The van der Waals surface area contributed by atoms with E-state index in [1.807, 2.05) is 30.3 Å². The van der Waals surface area contributed by atoms with Gasteiger partial charge in [-0.05, 0) is 36.2 Å². The third-order valence-corrected chi connectivity index (χ3v) is 6.60. The number of piperazine rings is 1. The van der Waals surface area contributed by atoms with Crippen LogP contribution >= 0.6 is 0 Å². The fourth-order valence-corrected chi connectivity index (χ4v) is 4.73. The van der Waals surface area contributed by atoms with Gasteiger partial charge in [-0.2, -0.15) is 4.31 Å². The van der Waals surface area contributed by atoms with Gasteiger partial charge < -0.3 is 4.90 Å². The van der Waals surface area contributed by atoms with Crippen LogP contribution in [0, 0.1) is 12.7 Å².